The largest absolute Gasteiger partial charge is 0.394 e. The Morgan fingerprint density at radius 1 is 1.44 bits per heavy atom. The molecule has 0 aliphatic rings. The van der Waals surface area contributed by atoms with Gasteiger partial charge in [0, 0.05) is 31.1 Å². The summed E-state index contributed by atoms with van der Waals surface area (Å²) in [5, 5.41) is 9.00. The van der Waals surface area contributed by atoms with Crippen LogP contribution in [0.4, 0.5) is 0 Å². The zero-order valence-corrected chi connectivity index (χ0v) is 8.87. The van der Waals surface area contributed by atoms with E-state index in [1.54, 1.807) is 25.0 Å². The number of hydrogen-bond donors (Lipinski definition) is 3. The Kier molecular flexibility index (Phi) is 3.33. The number of H-pyrrole nitrogens is 1. The second-order valence-corrected chi connectivity index (χ2v) is 3.63. The minimum atomic E-state index is -0.371. The summed E-state index contributed by atoms with van der Waals surface area (Å²) in [4.78, 5) is 11.0. The quantitative estimate of drug-likeness (QED) is 0.654. The summed E-state index contributed by atoms with van der Waals surface area (Å²) in [7, 11) is 0. The molecule has 0 bridgehead atoms. The molecule has 6 nitrogen and oxygen atoms in total. The van der Waals surface area contributed by atoms with Crippen LogP contribution in [0.5, 0.6) is 0 Å². The first-order valence-corrected chi connectivity index (χ1v) is 5.15. The molecule has 0 spiro atoms. The van der Waals surface area contributed by atoms with Crippen molar-refractivity contribution in [3.8, 4) is 0 Å². The molecule has 0 aliphatic carbocycles. The Balaban J connectivity index is 2.01. The smallest absolute Gasteiger partial charge is 0.0948 e. The maximum atomic E-state index is 9.00. The molecule has 4 N–H and O–H groups in total. The molecule has 2 heterocycles. The van der Waals surface area contributed by atoms with Gasteiger partial charge in [-0.2, -0.15) is 0 Å². The van der Waals surface area contributed by atoms with Crippen molar-refractivity contribution in [3.63, 3.8) is 0 Å². The molecule has 0 aromatic carbocycles. The number of nitrogens with two attached hydrogens (primary N) is 1. The van der Waals surface area contributed by atoms with Gasteiger partial charge < -0.3 is 20.4 Å². The van der Waals surface area contributed by atoms with Gasteiger partial charge in [-0.15, -0.1) is 0 Å². The van der Waals surface area contributed by atoms with Gasteiger partial charge in [-0.3, -0.25) is 0 Å². The third kappa shape index (κ3) is 2.29. The zero-order chi connectivity index (χ0) is 11.4. The number of aromatic amines is 1. The van der Waals surface area contributed by atoms with E-state index in [9.17, 15) is 0 Å². The van der Waals surface area contributed by atoms with Gasteiger partial charge in [-0.05, 0) is 0 Å². The number of hydrogen-bond acceptors (Lipinski definition) is 4. The molecule has 1 unspecified atom stereocenters. The summed E-state index contributed by atoms with van der Waals surface area (Å²) >= 11 is 0. The highest BCUT2D eigenvalue weighted by molar-refractivity contribution is 5.05. The van der Waals surface area contributed by atoms with E-state index in [0.717, 1.165) is 24.4 Å². The van der Waals surface area contributed by atoms with Gasteiger partial charge in [0.2, 0.25) is 0 Å². The second-order valence-electron chi connectivity index (χ2n) is 3.63. The van der Waals surface area contributed by atoms with Crippen LogP contribution in [-0.4, -0.2) is 31.2 Å². The molecule has 16 heavy (non-hydrogen) atoms. The van der Waals surface area contributed by atoms with E-state index in [4.69, 9.17) is 10.8 Å². The van der Waals surface area contributed by atoms with Crippen LogP contribution < -0.4 is 5.73 Å². The van der Waals surface area contributed by atoms with Gasteiger partial charge in [0.05, 0.1) is 31.0 Å². The van der Waals surface area contributed by atoms with Crippen molar-refractivity contribution in [3.05, 3.63) is 36.4 Å². The van der Waals surface area contributed by atoms with Crippen molar-refractivity contribution in [2.24, 2.45) is 5.73 Å². The van der Waals surface area contributed by atoms with Crippen molar-refractivity contribution in [2.45, 2.75) is 19.0 Å². The summed E-state index contributed by atoms with van der Waals surface area (Å²) in [5.74, 6) is 0. The maximum Gasteiger partial charge on any atom is 0.0948 e. The van der Waals surface area contributed by atoms with Crippen LogP contribution >= 0.6 is 0 Å². The van der Waals surface area contributed by atoms with Crippen LogP contribution in [0.1, 0.15) is 17.4 Å². The highest BCUT2D eigenvalue weighted by Gasteiger charge is 2.10. The Hall–Kier alpha value is -1.66. The molecule has 2 aromatic heterocycles. The molecule has 0 fully saturated rings. The fraction of sp³-hybridized carbons (Fsp3) is 0.400. The lowest BCUT2D eigenvalue weighted by molar-refractivity contribution is 0.263. The number of imidazole rings is 2. The molecule has 0 aliphatic heterocycles. The van der Waals surface area contributed by atoms with Crippen molar-refractivity contribution >= 4 is 0 Å². The van der Waals surface area contributed by atoms with Gasteiger partial charge in [-0.25, -0.2) is 9.97 Å². The lowest BCUT2D eigenvalue weighted by Gasteiger charge is -2.11. The molecular formula is C10H15N5O. The molecule has 2 aromatic rings. The molecule has 1 atom stereocenters. The third-order valence-corrected chi connectivity index (χ3v) is 2.50. The summed E-state index contributed by atoms with van der Waals surface area (Å²) in [6.07, 6.45) is 7.70. The van der Waals surface area contributed by atoms with E-state index in [2.05, 4.69) is 15.0 Å². The van der Waals surface area contributed by atoms with Gasteiger partial charge >= 0.3 is 0 Å². The minimum Gasteiger partial charge on any atom is -0.394 e. The van der Waals surface area contributed by atoms with Crippen LogP contribution in [0.2, 0.25) is 0 Å². The molecule has 6 heteroatoms. The van der Waals surface area contributed by atoms with E-state index in [1.165, 1.54) is 0 Å². The van der Waals surface area contributed by atoms with Gasteiger partial charge in [0.1, 0.15) is 0 Å². The van der Waals surface area contributed by atoms with Crippen LogP contribution in [0.25, 0.3) is 0 Å². The van der Waals surface area contributed by atoms with Crippen LogP contribution in [0.3, 0.4) is 0 Å². The summed E-state index contributed by atoms with van der Waals surface area (Å²) < 4.78 is 1.95. The van der Waals surface area contributed by atoms with Crippen LogP contribution in [0.15, 0.2) is 25.0 Å². The van der Waals surface area contributed by atoms with Gasteiger partial charge in [0.15, 0.2) is 0 Å². The van der Waals surface area contributed by atoms with E-state index in [0.29, 0.717) is 0 Å². The lowest BCUT2D eigenvalue weighted by atomic mass is 10.2. The Morgan fingerprint density at radius 2 is 2.31 bits per heavy atom. The van der Waals surface area contributed by atoms with E-state index >= 15 is 0 Å². The fourth-order valence-corrected chi connectivity index (χ4v) is 1.58. The van der Waals surface area contributed by atoms with E-state index < -0.39 is 0 Å². The highest BCUT2D eigenvalue weighted by atomic mass is 16.3. The highest BCUT2D eigenvalue weighted by Crippen LogP contribution is 2.09. The molecule has 0 amide bonds. The minimum absolute atomic E-state index is 0.0737. The molecule has 86 valence electrons. The van der Waals surface area contributed by atoms with Gasteiger partial charge in [-0.1, -0.05) is 0 Å². The van der Waals surface area contributed by atoms with Gasteiger partial charge in [0.25, 0.3) is 0 Å². The third-order valence-electron chi connectivity index (χ3n) is 2.50. The number of aliphatic hydroxyl groups excluding tert-OH is 1. The first kappa shape index (κ1) is 10.8. The summed E-state index contributed by atoms with van der Waals surface area (Å²) in [5.41, 5.74) is 7.67. The summed E-state index contributed by atoms with van der Waals surface area (Å²) in [6.45, 7) is 0.695. The lowest BCUT2D eigenvalue weighted by Crippen LogP contribution is -2.19. The Labute approximate surface area is 93.1 Å². The number of aliphatic hydroxyl groups is 1. The fourth-order valence-electron chi connectivity index (χ4n) is 1.58. The van der Waals surface area contributed by atoms with Crippen molar-refractivity contribution < 1.29 is 5.11 Å². The standard InChI is InChI=1S/C10H15N5O/c11-9(5-16)10-4-13-7-15(10)2-1-8-3-12-6-14-8/h3-4,6-7,9,16H,1-2,5,11H2,(H,12,14). The Morgan fingerprint density at radius 3 is 3.00 bits per heavy atom. The molecule has 2 rings (SSSR count). The average Bonchev–Trinajstić information content (AvgIpc) is 2.96. The number of aryl methyl sites for hydroxylation is 2. The summed E-state index contributed by atoms with van der Waals surface area (Å²) in [6, 6.07) is -0.371. The van der Waals surface area contributed by atoms with Crippen molar-refractivity contribution in [1.82, 2.24) is 19.5 Å². The predicted octanol–water partition coefficient (Wildman–Crippen LogP) is -0.159. The Bertz CT molecular complexity index is 422. The number of nitrogens with zero attached hydrogens (tertiary/aromatic N) is 3. The molecular weight excluding hydrogens is 206 g/mol. The first-order valence-electron chi connectivity index (χ1n) is 5.15. The topological polar surface area (TPSA) is 92.8 Å². The second kappa shape index (κ2) is 4.91. The maximum absolute atomic E-state index is 9.00. The number of aromatic nitrogens is 4. The average molecular weight is 221 g/mol. The monoisotopic (exact) mass is 221 g/mol. The van der Waals surface area contributed by atoms with Crippen LogP contribution in [0, 0.1) is 0 Å². The number of nitrogens with one attached hydrogen (secondary N) is 1. The normalized spacial score (nSPS) is 12.9. The van der Waals surface area contributed by atoms with Crippen molar-refractivity contribution in [2.75, 3.05) is 6.61 Å². The first-order chi connectivity index (χ1) is 7.81. The zero-order valence-electron chi connectivity index (χ0n) is 8.87. The predicted molar refractivity (Wildman–Crippen MR) is 58.5 cm³/mol. The van der Waals surface area contributed by atoms with E-state index in [-0.39, 0.29) is 12.6 Å². The SMILES string of the molecule is NC(CO)c1cncn1CCc1cnc[nH]1. The molecule has 0 radical (unpaired) electrons. The van der Waals surface area contributed by atoms with E-state index in [1.807, 2.05) is 4.57 Å². The van der Waals surface area contributed by atoms with Crippen molar-refractivity contribution in [1.29, 1.82) is 0 Å². The van der Waals surface area contributed by atoms with Crippen LogP contribution in [-0.2, 0) is 13.0 Å². The number of rotatable bonds is 5. The molecule has 0 saturated carbocycles. The molecule has 0 saturated heterocycles.